The molecule has 7 nitrogen and oxygen atoms in total. The smallest absolute Gasteiger partial charge is 0.284 e. The molecule has 24 heavy (non-hydrogen) atoms. The summed E-state index contributed by atoms with van der Waals surface area (Å²) in [6.45, 7) is 0. The lowest BCUT2D eigenvalue weighted by Gasteiger charge is -2.05. The highest BCUT2D eigenvalue weighted by atomic mass is 16.3. The van der Waals surface area contributed by atoms with Crippen LogP contribution in [0.25, 0.3) is 10.9 Å². The molecule has 0 bridgehead atoms. The van der Waals surface area contributed by atoms with Gasteiger partial charge in [-0.15, -0.1) is 0 Å². The Balaban J connectivity index is 2.17. The van der Waals surface area contributed by atoms with Crippen LogP contribution in [-0.2, 0) is 4.79 Å². The molecule has 1 aromatic heterocycles. The van der Waals surface area contributed by atoms with Crippen LogP contribution >= 0.6 is 0 Å². The van der Waals surface area contributed by atoms with Crippen LogP contribution in [0.3, 0.4) is 0 Å². The second-order valence-corrected chi connectivity index (χ2v) is 5.00. The number of aliphatic imine (C=N–C) groups is 1. The molecule has 2 amide bonds. The first kappa shape index (κ1) is 15.4. The van der Waals surface area contributed by atoms with Crippen LogP contribution in [-0.4, -0.2) is 27.6 Å². The van der Waals surface area contributed by atoms with Crippen molar-refractivity contribution in [3.05, 3.63) is 65.7 Å². The van der Waals surface area contributed by atoms with Gasteiger partial charge in [-0.2, -0.15) is 0 Å². The average molecular weight is 322 g/mol. The fraction of sp³-hybridized carbons (Fsp3) is 0. The maximum Gasteiger partial charge on any atom is 0.284 e. The van der Waals surface area contributed by atoms with Crippen molar-refractivity contribution in [2.24, 2.45) is 10.8 Å². The second-order valence-electron chi connectivity index (χ2n) is 5.00. The molecule has 0 atom stereocenters. The lowest BCUT2D eigenvalue weighted by molar-refractivity contribution is -0.114. The Bertz CT molecular complexity index is 945. The minimum absolute atomic E-state index is 0.123. The zero-order valence-corrected chi connectivity index (χ0v) is 12.5. The number of aromatic amines is 1. The number of carbonyl (C=O) groups is 2. The Morgan fingerprint density at radius 1 is 1.04 bits per heavy atom. The van der Waals surface area contributed by atoms with Gasteiger partial charge in [0.05, 0.1) is 5.56 Å². The molecule has 0 saturated heterocycles. The van der Waals surface area contributed by atoms with Gasteiger partial charge in [-0.3, -0.25) is 15.0 Å². The second kappa shape index (κ2) is 6.35. The van der Waals surface area contributed by atoms with Crippen molar-refractivity contribution in [3.8, 4) is 5.88 Å². The monoisotopic (exact) mass is 322 g/mol. The van der Waals surface area contributed by atoms with Crippen LogP contribution in [0.15, 0.2) is 59.6 Å². The first-order chi connectivity index (χ1) is 11.6. The number of rotatable bonds is 3. The number of nitrogens with zero attached hydrogens (tertiary/aromatic N) is 1. The van der Waals surface area contributed by atoms with E-state index in [9.17, 15) is 14.7 Å². The predicted octanol–water partition coefficient (Wildman–Crippen LogP) is 1.49. The van der Waals surface area contributed by atoms with Gasteiger partial charge in [-0.25, -0.2) is 10.8 Å². The summed E-state index contributed by atoms with van der Waals surface area (Å²) < 4.78 is 0. The highest BCUT2D eigenvalue weighted by Gasteiger charge is 2.23. The molecule has 1 heterocycles. The molecule has 0 saturated carbocycles. The van der Waals surface area contributed by atoms with Crippen molar-refractivity contribution >= 4 is 28.4 Å². The van der Waals surface area contributed by atoms with E-state index in [4.69, 9.17) is 5.84 Å². The summed E-state index contributed by atoms with van der Waals surface area (Å²) >= 11 is 0. The van der Waals surface area contributed by atoms with E-state index in [0.29, 0.717) is 16.5 Å². The van der Waals surface area contributed by atoms with Crippen LogP contribution in [0.5, 0.6) is 5.88 Å². The topological polar surface area (TPSA) is 121 Å². The lowest BCUT2D eigenvalue weighted by atomic mass is 10.1. The Morgan fingerprint density at radius 3 is 2.42 bits per heavy atom. The van der Waals surface area contributed by atoms with Crippen molar-refractivity contribution in [1.29, 1.82) is 0 Å². The Morgan fingerprint density at radius 2 is 1.71 bits per heavy atom. The van der Waals surface area contributed by atoms with Gasteiger partial charge in [0.25, 0.3) is 11.8 Å². The average Bonchev–Trinajstić information content (AvgIpc) is 2.95. The van der Waals surface area contributed by atoms with Crippen LogP contribution in [0, 0.1) is 0 Å². The minimum atomic E-state index is -0.778. The third kappa shape index (κ3) is 2.75. The summed E-state index contributed by atoms with van der Waals surface area (Å²) in [5, 5.41) is 10.7. The molecule has 0 fully saturated rings. The quantitative estimate of drug-likeness (QED) is 0.253. The largest absolute Gasteiger partial charge is 0.494 e. The van der Waals surface area contributed by atoms with Crippen LogP contribution in [0.2, 0.25) is 0 Å². The number of aromatic hydroxyl groups is 1. The number of aromatic nitrogens is 1. The van der Waals surface area contributed by atoms with Crippen molar-refractivity contribution in [2.75, 3.05) is 0 Å². The standard InChI is InChI=1S/C17H14N4O3/c18-21-17(24)14(20-15(22)10-6-2-1-3-7-10)13-11-8-4-5-9-12(11)19-16(13)23/h1-9,19,23H,18H2,(H,21,24). The van der Waals surface area contributed by atoms with Crippen LogP contribution in [0.4, 0.5) is 0 Å². The summed E-state index contributed by atoms with van der Waals surface area (Å²) in [4.78, 5) is 31.1. The lowest BCUT2D eigenvalue weighted by Crippen LogP contribution is -2.37. The molecule has 0 aliphatic heterocycles. The molecule has 3 rings (SSSR count). The summed E-state index contributed by atoms with van der Waals surface area (Å²) in [6, 6.07) is 15.3. The molecule has 0 unspecified atom stereocenters. The molecule has 0 aliphatic rings. The number of H-pyrrole nitrogens is 1. The summed E-state index contributed by atoms with van der Waals surface area (Å²) in [5.41, 5.74) is 2.74. The van der Waals surface area contributed by atoms with Crippen LogP contribution < -0.4 is 11.3 Å². The molecular formula is C17H14N4O3. The fourth-order valence-electron chi connectivity index (χ4n) is 2.40. The zero-order valence-electron chi connectivity index (χ0n) is 12.5. The number of nitrogens with one attached hydrogen (secondary N) is 2. The van der Waals surface area contributed by atoms with Gasteiger partial charge in [0.15, 0.2) is 5.88 Å². The number of hydrogen-bond acceptors (Lipinski definition) is 4. The summed E-state index contributed by atoms with van der Waals surface area (Å²) in [5.74, 6) is 3.55. The number of carbonyl (C=O) groups excluding carboxylic acids is 2. The van der Waals surface area contributed by atoms with Gasteiger partial charge in [0, 0.05) is 16.5 Å². The van der Waals surface area contributed by atoms with Crippen molar-refractivity contribution in [1.82, 2.24) is 10.4 Å². The number of hydrogen-bond donors (Lipinski definition) is 4. The first-order valence-corrected chi connectivity index (χ1v) is 7.11. The Kier molecular flexibility index (Phi) is 4.09. The molecule has 7 heteroatoms. The highest BCUT2D eigenvalue weighted by Crippen LogP contribution is 2.28. The minimum Gasteiger partial charge on any atom is -0.494 e. The van der Waals surface area contributed by atoms with E-state index >= 15 is 0 Å². The van der Waals surface area contributed by atoms with E-state index < -0.39 is 11.8 Å². The number of hydrazine groups is 1. The maximum atomic E-state index is 12.3. The summed E-state index contributed by atoms with van der Waals surface area (Å²) in [7, 11) is 0. The molecule has 0 radical (unpaired) electrons. The number of para-hydroxylation sites is 1. The van der Waals surface area contributed by atoms with Crippen molar-refractivity contribution in [2.45, 2.75) is 0 Å². The van der Waals surface area contributed by atoms with E-state index in [-0.39, 0.29) is 17.2 Å². The van der Waals surface area contributed by atoms with Gasteiger partial charge in [0.1, 0.15) is 5.71 Å². The first-order valence-electron chi connectivity index (χ1n) is 7.11. The SMILES string of the molecule is NNC(=O)C(=NC(=O)c1ccccc1)c1c(O)[nH]c2ccccc12. The van der Waals surface area contributed by atoms with Crippen LogP contribution in [0.1, 0.15) is 15.9 Å². The highest BCUT2D eigenvalue weighted by molar-refractivity contribution is 6.49. The van der Waals surface area contributed by atoms with E-state index in [1.165, 1.54) is 0 Å². The predicted molar refractivity (Wildman–Crippen MR) is 89.6 cm³/mol. The molecule has 0 spiro atoms. The van der Waals surface area contributed by atoms with E-state index in [0.717, 1.165) is 0 Å². The number of amides is 2. The third-order valence-electron chi connectivity index (χ3n) is 3.50. The number of benzene rings is 2. The Labute approximate surface area is 136 Å². The molecular weight excluding hydrogens is 308 g/mol. The fourth-order valence-corrected chi connectivity index (χ4v) is 2.40. The normalized spacial score (nSPS) is 11.5. The molecule has 2 aromatic carbocycles. The van der Waals surface area contributed by atoms with Gasteiger partial charge >= 0.3 is 0 Å². The molecule has 0 aliphatic carbocycles. The third-order valence-corrected chi connectivity index (χ3v) is 3.50. The van der Waals surface area contributed by atoms with Gasteiger partial charge < -0.3 is 10.1 Å². The zero-order chi connectivity index (χ0) is 17.1. The van der Waals surface area contributed by atoms with E-state index in [1.54, 1.807) is 54.6 Å². The van der Waals surface area contributed by atoms with Gasteiger partial charge in [-0.1, -0.05) is 36.4 Å². The molecule has 120 valence electrons. The van der Waals surface area contributed by atoms with Gasteiger partial charge in [-0.05, 0) is 18.2 Å². The number of nitrogens with two attached hydrogens (primary N) is 1. The number of fused-ring (bicyclic) bond motifs is 1. The van der Waals surface area contributed by atoms with Crippen molar-refractivity contribution < 1.29 is 14.7 Å². The molecule has 3 aromatic rings. The van der Waals surface area contributed by atoms with E-state index in [2.05, 4.69) is 9.98 Å². The van der Waals surface area contributed by atoms with E-state index in [1.807, 2.05) is 5.43 Å². The maximum absolute atomic E-state index is 12.3. The van der Waals surface area contributed by atoms with Gasteiger partial charge in [0.2, 0.25) is 0 Å². The summed E-state index contributed by atoms with van der Waals surface area (Å²) in [6.07, 6.45) is 0. The molecule has 5 N–H and O–H groups in total. The van der Waals surface area contributed by atoms with Crippen molar-refractivity contribution in [3.63, 3.8) is 0 Å². The Hall–Kier alpha value is -3.45.